The van der Waals surface area contributed by atoms with Gasteiger partial charge in [-0.2, -0.15) is 0 Å². The van der Waals surface area contributed by atoms with E-state index in [1.807, 2.05) is 49.5 Å². The molecule has 4 nitrogen and oxygen atoms in total. The van der Waals surface area contributed by atoms with E-state index >= 15 is 0 Å². The van der Waals surface area contributed by atoms with E-state index in [-0.39, 0.29) is 5.91 Å². The first-order valence-corrected chi connectivity index (χ1v) is 9.89. The Hall–Kier alpha value is -2.79. The molecule has 1 amide bonds. The highest BCUT2D eigenvalue weighted by molar-refractivity contribution is 9.10. The maximum absolute atomic E-state index is 13.0. The topological polar surface area (TPSA) is 34.5 Å². The van der Waals surface area contributed by atoms with Gasteiger partial charge in [0, 0.05) is 39.9 Å². The maximum atomic E-state index is 13.0. The molecule has 28 heavy (non-hydrogen) atoms. The van der Waals surface area contributed by atoms with Gasteiger partial charge in [0.2, 0.25) is 5.91 Å². The summed E-state index contributed by atoms with van der Waals surface area (Å²) in [4.78, 5) is 14.7. The number of ether oxygens (including phenoxy) is 1. The number of rotatable bonds is 5. The smallest absolute Gasteiger partial charge is 0.242 e. The number of nitrogens with zero attached hydrogens (tertiary/aromatic N) is 2. The minimum absolute atomic E-state index is 0.0633. The number of hydrogen-bond acceptors (Lipinski definition) is 2. The highest BCUT2D eigenvalue weighted by Gasteiger charge is 2.16. The molecule has 0 aliphatic heterocycles. The van der Waals surface area contributed by atoms with Crippen molar-refractivity contribution in [2.75, 3.05) is 14.2 Å². The predicted molar refractivity (Wildman–Crippen MR) is 117 cm³/mol. The molecule has 142 valence electrons. The van der Waals surface area contributed by atoms with E-state index in [0.29, 0.717) is 13.1 Å². The van der Waals surface area contributed by atoms with Crippen molar-refractivity contribution in [3.63, 3.8) is 0 Å². The Balaban J connectivity index is 1.64. The zero-order valence-corrected chi connectivity index (χ0v) is 17.4. The Morgan fingerprint density at radius 1 is 1.00 bits per heavy atom. The minimum Gasteiger partial charge on any atom is -0.497 e. The van der Waals surface area contributed by atoms with Gasteiger partial charge < -0.3 is 14.2 Å². The number of halogens is 1. The van der Waals surface area contributed by atoms with Gasteiger partial charge in [-0.05, 0) is 42.0 Å². The first-order chi connectivity index (χ1) is 13.6. The van der Waals surface area contributed by atoms with Gasteiger partial charge in [0.15, 0.2) is 0 Å². The summed E-state index contributed by atoms with van der Waals surface area (Å²) in [5, 5.41) is 2.30. The quantitative estimate of drug-likeness (QED) is 0.429. The second kappa shape index (κ2) is 7.68. The van der Waals surface area contributed by atoms with Gasteiger partial charge in [0.05, 0.1) is 7.11 Å². The molecule has 1 aromatic heterocycles. The Bertz CT molecular complexity index is 1170. The van der Waals surface area contributed by atoms with Gasteiger partial charge in [-0.1, -0.05) is 46.3 Å². The molecule has 1 heterocycles. The second-order valence-corrected chi connectivity index (χ2v) is 7.78. The number of benzene rings is 3. The lowest BCUT2D eigenvalue weighted by Gasteiger charge is -2.19. The Morgan fingerprint density at radius 2 is 1.79 bits per heavy atom. The standard InChI is InChI=1S/C23H21BrN2O2/c1-25(14-16-6-5-7-18(12-16)28-2)23(27)15-26-21-9-4-3-8-19(21)20-13-17(24)10-11-22(20)26/h3-13H,14-15H2,1-2H3. The number of fused-ring (bicyclic) bond motifs is 3. The third-order valence-corrected chi connectivity index (χ3v) is 5.50. The largest absolute Gasteiger partial charge is 0.497 e. The van der Waals surface area contributed by atoms with Gasteiger partial charge in [-0.15, -0.1) is 0 Å². The van der Waals surface area contributed by atoms with E-state index in [9.17, 15) is 4.79 Å². The third-order valence-electron chi connectivity index (χ3n) is 5.01. The summed E-state index contributed by atoms with van der Waals surface area (Å²) in [6, 6.07) is 22.2. The number of aromatic nitrogens is 1. The highest BCUT2D eigenvalue weighted by atomic mass is 79.9. The molecule has 0 aliphatic carbocycles. The van der Waals surface area contributed by atoms with Crippen LogP contribution >= 0.6 is 15.9 Å². The molecule has 4 aromatic rings. The van der Waals surface area contributed by atoms with Crippen LogP contribution < -0.4 is 4.74 Å². The molecule has 0 unspecified atom stereocenters. The lowest BCUT2D eigenvalue weighted by Crippen LogP contribution is -2.29. The van der Waals surface area contributed by atoms with E-state index in [2.05, 4.69) is 44.8 Å². The van der Waals surface area contributed by atoms with Crippen molar-refractivity contribution < 1.29 is 9.53 Å². The van der Waals surface area contributed by atoms with Crippen LogP contribution in [0.1, 0.15) is 5.56 Å². The molecule has 5 heteroatoms. The normalized spacial score (nSPS) is 11.1. The van der Waals surface area contributed by atoms with Crippen LogP contribution in [0.25, 0.3) is 21.8 Å². The van der Waals surface area contributed by atoms with Gasteiger partial charge in [0.1, 0.15) is 12.3 Å². The average molecular weight is 437 g/mol. The van der Waals surface area contributed by atoms with Gasteiger partial charge >= 0.3 is 0 Å². The summed E-state index contributed by atoms with van der Waals surface area (Å²) in [5.74, 6) is 0.861. The van der Waals surface area contributed by atoms with E-state index in [1.165, 1.54) is 0 Å². The molecule has 0 radical (unpaired) electrons. The number of carbonyl (C=O) groups is 1. The molecule has 3 aromatic carbocycles. The molecule has 0 saturated carbocycles. The summed E-state index contributed by atoms with van der Waals surface area (Å²) < 4.78 is 8.41. The van der Waals surface area contributed by atoms with E-state index in [1.54, 1.807) is 12.0 Å². The van der Waals surface area contributed by atoms with Crippen molar-refractivity contribution in [1.29, 1.82) is 0 Å². The van der Waals surface area contributed by atoms with Crippen molar-refractivity contribution in [3.8, 4) is 5.75 Å². The number of methoxy groups -OCH3 is 1. The van der Waals surface area contributed by atoms with Crippen LogP contribution in [0.15, 0.2) is 71.2 Å². The second-order valence-electron chi connectivity index (χ2n) is 6.87. The zero-order chi connectivity index (χ0) is 19.7. The molecule has 0 aliphatic rings. The van der Waals surface area contributed by atoms with Crippen molar-refractivity contribution >= 4 is 43.6 Å². The van der Waals surface area contributed by atoms with Crippen molar-refractivity contribution in [2.24, 2.45) is 0 Å². The lowest BCUT2D eigenvalue weighted by molar-refractivity contribution is -0.130. The molecular formula is C23H21BrN2O2. The number of amides is 1. The molecule has 0 atom stereocenters. The molecule has 0 bridgehead atoms. The molecule has 0 spiro atoms. The minimum atomic E-state index is 0.0633. The Morgan fingerprint density at radius 3 is 2.61 bits per heavy atom. The monoisotopic (exact) mass is 436 g/mol. The first-order valence-electron chi connectivity index (χ1n) is 9.10. The summed E-state index contributed by atoms with van der Waals surface area (Å²) in [7, 11) is 3.49. The lowest BCUT2D eigenvalue weighted by atomic mass is 10.2. The fourth-order valence-electron chi connectivity index (χ4n) is 3.59. The number of likely N-dealkylation sites (N-methyl/N-ethyl adjacent to an activating group) is 1. The maximum Gasteiger partial charge on any atom is 0.242 e. The Kier molecular flexibility index (Phi) is 5.09. The van der Waals surface area contributed by atoms with Crippen LogP contribution in [0.4, 0.5) is 0 Å². The van der Waals surface area contributed by atoms with Crippen LogP contribution in [0.3, 0.4) is 0 Å². The van der Waals surface area contributed by atoms with E-state index in [0.717, 1.165) is 37.6 Å². The highest BCUT2D eigenvalue weighted by Crippen LogP contribution is 2.31. The molecule has 0 fully saturated rings. The number of carbonyl (C=O) groups excluding carboxylic acids is 1. The predicted octanol–water partition coefficient (Wildman–Crippen LogP) is 5.22. The molecular weight excluding hydrogens is 416 g/mol. The van der Waals surface area contributed by atoms with Crippen LogP contribution in [0.5, 0.6) is 5.75 Å². The summed E-state index contributed by atoms with van der Waals surface area (Å²) >= 11 is 3.56. The van der Waals surface area contributed by atoms with Crippen LogP contribution in [-0.4, -0.2) is 29.5 Å². The van der Waals surface area contributed by atoms with Crippen LogP contribution in [0, 0.1) is 0 Å². The van der Waals surface area contributed by atoms with Crippen LogP contribution in [-0.2, 0) is 17.9 Å². The fraction of sp³-hybridized carbons (Fsp3) is 0.174. The van der Waals surface area contributed by atoms with E-state index < -0.39 is 0 Å². The van der Waals surface area contributed by atoms with E-state index in [4.69, 9.17) is 4.74 Å². The average Bonchev–Trinajstić information content (AvgIpc) is 3.01. The third kappa shape index (κ3) is 3.50. The number of hydrogen-bond donors (Lipinski definition) is 0. The van der Waals surface area contributed by atoms with Crippen molar-refractivity contribution in [2.45, 2.75) is 13.1 Å². The Labute approximate surface area is 172 Å². The molecule has 4 rings (SSSR count). The van der Waals surface area contributed by atoms with Gasteiger partial charge in [-0.3, -0.25) is 4.79 Å². The van der Waals surface area contributed by atoms with Crippen LogP contribution in [0.2, 0.25) is 0 Å². The van der Waals surface area contributed by atoms with Crippen molar-refractivity contribution in [1.82, 2.24) is 9.47 Å². The zero-order valence-electron chi connectivity index (χ0n) is 15.9. The molecule has 0 N–H and O–H groups in total. The van der Waals surface area contributed by atoms with Crippen molar-refractivity contribution in [3.05, 3.63) is 76.8 Å². The fourth-order valence-corrected chi connectivity index (χ4v) is 3.95. The summed E-state index contributed by atoms with van der Waals surface area (Å²) in [6.07, 6.45) is 0. The number of para-hydroxylation sites is 1. The molecule has 0 saturated heterocycles. The summed E-state index contributed by atoms with van der Waals surface area (Å²) in [6.45, 7) is 0.838. The van der Waals surface area contributed by atoms with Gasteiger partial charge in [-0.25, -0.2) is 0 Å². The first kappa shape index (κ1) is 18.6. The SMILES string of the molecule is COc1cccc(CN(C)C(=O)Cn2c3ccccc3c3cc(Br)ccc32)c1. The van der Waals surface area contributed by atoms with Gasteiger partial charge in [0.25, 0.3) is 0 Å². The summed E-state index contributed by atoms with van der Waals surface area (Å²) in [5.41, 5.74) is 3.17.